The summed E-state index contributed by atoms with van der Waals surface area (Å²) in [7, 11) is 0.782. The number of carbonyl (C=O) groups is 1. The van der Waals surface area contributed by atoms with Crippen LogP contribution in [0.5, 0.6) is 17.2 Å². The van der Waals surface area contributed by atoms with Crippen molar-refractivity contribution in [1.82, 2.24) is 9.13 Å². The lowest BCUT2D eigenvalue weighted by Gasteiger charge is -2.16. The Balaban J connectivity index is 2.06. The molecule has 0 spiro atoms. The van der Waals surface area contributed by atoms with Crippen molar-refractivity contribution in [1.29, 1.82) is 0 Å². The van der Waals surface area contributed by atoms with Gasteiger partial charge in [0.1, 0.15) is 35.4 Å². The molecule has 0 saturated heterocycles. The van der Waals surface area contributed by atoms with Crippen LogP contribution in [0.15, 0.2) is 52.1 Å². The molecule has 0 atom stereocenters. The lowest BCUT2D eigenvalue weighted by atomic mass is 10.2. The molecule has 2 aromatic carbocycles. The Morgan fingerprint density at radius 3 is 2.42 bits per heavy atom. The molecule has 0 bridgehead atoms. The summed E-state index contributed by atoms with van der Waals surface area (Å²) in [5.41, 5.74) is -5.07. The second-order valence-electron chi connectivity index (χ2n) is 6.51. The highest BCUT2D eigenvalue weighted by Gasteiger charge is 2.35. The number of halogens is 5. The monoisotopic (exact) mass is 487 g/mol. The first-order valence-corrected chi connectivity index (χ1v) is 9.26. The quantitative estimate of drug-likeness (QED) is 0.494. The fourth-order valence-corrected chi connectivity index (χ4v) is 2.97. The number of alkyl halides is 3. The number of carboxylic acid groups (broad SMARTS) is 1. The van der Waals surface area contributed by atoms with E-state index < -0.39 is 47.2 Å². The zero-order valence-corrected chi connectivity index (χ0v) is 17.2. The molecule has 0 saturated carbocycles. The average molecular weight is 488 g/mol. The normalized spacial score (nSPS) is 11.3. The number of rotatable bonds is 6. The third-order valence-electron chi connectivity index (χ3n) is 4.24. The first-order chi connectivity index (χ1) is 15.4. The molecule has 0 aliphatic carbocycles. The molecule has 0 aliphatic heterocycles. The second kappa shape index (κ2) is 8.98. The number of carbonyl (C=O) groups excluding carboxylic acids is 1. The minimum Gasteiger partial charge on any atom is -0.546 e. The second-order valence-corrected chi connectivity index (χ2v) is 6.92. The van der Waals surface area contributed by atoms with E-state index in [1.165, 1.54) is 24.3 Å². The van der Waals surface area contributed by atoms with Crippen LogP contribution in [-0.2, 0) is 18.0 Å². The van der Waals surface area contributed by atoms with E-state index in [-0.39, 0.29) is 37.5 Å². The van der Waals surface area contributed by atoms with Crippen molar-refractivity contribution in [3.63, 3.8) is 0 Å². The van der Waals surface area contributed by atoms with Crippen molar-refractivity contribution in [2.24, 2.45) is 7.05 Å². The molecule has 0 amide bonds. The Hall–Kier alpha value is -3.80. The lowest BCUT2D eigenvalue weighted by molar-refractivity contribution is -0.307. The minimum atomic E-state index is -4.98. The summed E-state index contributed by atoms with van der Waals surface area (Å²) in [6.07, 6.45) is -4.98. The maximum Gasteiger partial charge on any atom is 0.431 e. The van der Waals surface area contributed by atoms with Gasteiger partial charge >= 0.3 is 11.9 Å². The fraction of sp³-hybridized carbons (Fsp3) is 0.150. The Labute approximate surface area is 186 Å². The van der Waals surface area contributed by atoms with E-state index in [1.807, 2.05) is 0 Å². The summed E-state index contributed by atoms with van der Waals surface area (Å²) >= 11 is 5.98. The van der Waals surface area contributed by atoms with Gasteiger partial charge in [0, 0.05) is 25.2 Å². The summed E-state index contributed by atoms with van der Waals surface area (Å²) in [6, 6.07) is 7.27. The number of hydrogen-bond donors (Lipinski definition) is 0. The highest BCUT2D eigenvalue weighted by molar-refractivity contribution is 6.32. The third kappa shape index (κ3) is 5.17. The molecule has 0 fully saturated rings. The van der Waals surface area contributed by atoms with Crippen LogP contribution < -0.4 is 25.8 Å². The number of ether oxygens (including phenoxy) is 2. The summed E-state index contributed by atoms with van der Waals surface area (Å²) in [4.78, 5) is 35.2. The molecule has 0 aliphatic rings. The van der Waals surface area contributed by atoms with Gasteiger partial charge in [-0.2, -0.15) is 13.2 Å². The largest absolute Gasteiger partial charge is 0.546 e. The van der Waals surface area contributed by atoms with Gasteiger partial charge in [-0.15, -0.1) is 0 Å². The Morgan fingerprint density at radius 1 is 1.12 bits per heavy atom. The number of hydrogen-bond acceptors (Lipinski definition) is 6. The first-order valence-electron chi connectivity index (χ1n) is 8.88. The van der Waals surface area contributed by atoms with E-state index in [0.717, 1.165) is 13.1 Å². The van der Waals surface area contributed by atoms with Crippen molar-refractivity contribution in [3.05, 3.63) is 79.8 Å². The van der Waals surface area contributed by atoms with Crippen molar-refractivity contribution in [3.8, 4) is 22.9 Å². The molecule has 174 valence electrons. The van der Waals surface area contributed by atoms with Crippen LogP contribution >= 0.6 is 11.6 Å². The Morgan fingerprint density at radius 2 is 1.79 bits per heavy atom. The fourth-order valence-electron chi connectivity index (χ4n) is 2.78. The lowest BCUT2D eigenvalue weighted by Crippen LogP contribution is -2.41. The predicted molar refractivity (Wildman–Crippen MR) is 104 cm³/mol. The standard InChI is InChI=1S/C20H13ClF4N2O6/c1-26-16(20(23,24)25)8-17(28)27(19(26)31)14-7-15(12(21)6-13(14)22)33-11-4-2-3-10(5-11)32-9-18(29)30/h2-8H,9H2,1H3,(H,29,30)/p-1. The van der Waals surface area contributed by atoms with Crippen LogP contribution in [0.1, 0.15) is 5.69 Å². The topological polar surface area (TPSA) is 103 Å². The number of aliphatic carboxylic acids is 1. The van der Waals surface area contributed by atoms with Crippen molar-refractivity contribution in [2.45, 2.75) is 6.18 Å². The molecule has 13 heteroatoms. The first kappa shape index (κ1) is 23.9. The van der Waals surface area contributed by atoms with Crippen molar-refractivity contribution < 1.29 is 36.9 Å². The van der Waals surface area contributed by atoms with Crippen LogP contribution in [0.2, 0.25) is 5.02 Å². The van der Waals surface area contributed by atoms with Gasteiger partial charge in [-0.3, -0.25) is 9.36 Å². The molecular formula is C20H12ClF4N2O6-. The van der Waals surface area contributed by atoms with E-state index in [9.17, 15) is 37.1 Å². The summed E-state index contributed by atoms with van der Waals surface area (Å²) in [5, 5.41) is 10.2. The van der Waals surface area contributed by atoms with Gasteiger partial charge in [0.25, 0.3) is 5.56 Å². The number of benzene rings is 2. The van der Waals surface area contributed by atoms with Crippen molar-refractivity contribution >= 4 is 17.6 Å². The molecule has 8 nitrogen and oxygen atoms in total. The van der Waals surface area contributed by atoms with Gasteiger partial charge < -0.3 is 19.4 Å². The van der Waals surface area contributed by atoms with Crippen LogP contribution in [-0.4, -0.2) is 21.7 Å². The van der Waals surface area contributed by atoms with Crippen LogP contribution in [0.3, 0.4) is 0 Å². The summed E-state index contributed by atoms with van der Waals surface area (Å²) < 4.78 is 64.5. The average Bonchev–Trinajstić information content (AvgIpc) is 2.72. The molecule has 0 N–H and O–H groups in total. The molecule has 0 radical (unpaired) electrons. The van der Waals surface area contributed by atoms with Gasteiger partial charge in [0.15, 0.2) is 0 Å². The van der Waals surface area contributed by atoms with Gasteiger partial charge in [-0.05, 0) is 18.2 Å². The zero-order chi connectivity index (χ0) is 24.5. The van der Waals surface area contributed by atoms with Crippen molar-refractivity contribution in [2.75, 3.05) is 6.61 Å². The van der Waals surface area contributed by atoms with Gasteiger partial charge in [0.2, 0.25) is 0 Å². The van der Waals surface area contributed by atoms with E-state index in [2.05, 4.69) is 0 Å². The zero-order valence-electron chi connectivity index (χ0n) is 16.5. The summed E-state index contributed by atoms with van der Waals surface area (Å²) in [6.45, 7) is -0.731. The molecule has 1 aromatic heterocycles. The number of aromatic nitrogens is 2. The van der Waals surface area contributed by atoms with E-state index >= 15 is 0 Å². The molecule has 33 heavy (non-hydrogen) atoms. The van der Waals surface area contributed by atoms with Gasteiger partial charge in [0.05, 0.1) is 16.7 Å². The van der Waals surface area contributed by atoms with E-state index in [4.69, 9.17) is 21.1 Å². The highest BCUT2D eigenvalue weighted by Crippen LogP contribution is 2.34. The maximum atomic E-state index is 14.6. The predicted octanol–water partition coefficient (Wildman–Crippen LogP) is 2.27. The van der Waals surface area contributed by atoms with E-state index in [1.54, 1.807) is 0 Å². The molecule has 1 heterocycles. The van der Waals surface area contributed by atoms with Crippen LogP contribution in [0, 0.1) is 5.82 Å². The Kier molecular flexibility index (Phi) is 6.49. The molecular weight excluding hydrogens is 476 g/mol. The minimum absolute atomic E-state index is 0.0537. The number of carboxylic acids is 1. The highest BCUT2D eigenvalue weighted by atomic mass is 35.5. The van der Waals surface area contributed by atoms with E-state index in [0.29, 0.717) is 6.07 Å². The van der Waals surface area contributed by atoms with Gasteiger partial charge in [-0.25, -0.2) is 13.8 Å². The Bertz CT molecular complexity index is 1350. The summed E-state index contributed by atoms with van der Waals surface area (Å²) in [5.74, 6) is -2.74. The molecule has 3 rings (SSSR count). The maximum absolute atomic E-state index is 14.6. The SMILES string of the molecule is Cn1c(C(F)(F)F)cc(=O)n(-c2cc(Oc3cccc(OCC(=O)[O-])c3)c(Cl)cc2F)c1=O. The number of nitrogens with zero attached hydrogens (tertiary/aromatic N) is 2. The smallest absolute Gasteiger partial charge is 0.431 e. The van der Waals surface area contributed by atoms with Crippen LogP contribution in [0.4, 0.5) is 17.6 Å². The molecule has 3 aromatic rings. The van der Waals surface area contributed by atoms with Gasteiger partial charge in [-0.1, -0.05) is 17.7 Å². The molecule has 0 unspecified atom stereocenters. The van der Waals surface area contributed by atoms with Crippen LogP contribution in [0.25, 0.3) is 5.69 Å². The third-order valence-corrected chi connectivity index (χ3v) is 4.54.